The summed E-state index contributed by atoms with van der Waals surface area (Å²) < 4.78 is 0.698. The molecule has 0 aromatic heterocycles. The monoisotopic (exact) mass is 352 g/mol. The van der Waals surface area contributed by atoms with Gasteiger partial charge in [0.2, 0.25) is 5.91 Å². The van der Waals surface area contributed by atoms with Gasteiger partial charge in [-0.1, -0.05) is 23.2 Å². The molecule has 100 valence electrons. The van der Waals surface area contributed by atoms with Gasteiger partial charge >= 0.3 is 0 Å². The van der Waals surface area contributed by atoms with Gasteiger partial charge in [-0.3, -0.25) is 4.79 Å². The number of rotatable bonds is 5. The molecule has 3 N–H and O–H groups in total. The summed E-state index contributed by atoms with van der Waals surface area (Å²) in [6.07, 6.45) is 2.00. The first kappa shape index (κ1) is 15.8. The molecule has 1 aromatic rings. The van der Waals surface area contributed by atoms with E-state index in [4.69, 9.17) is 28.9 Å². The van der Waals surface area contributed by atoms with E-state index < -0.39 is 0 Å². The van der Waals surface area contributed by atoms with Crippen molar-refractivity contribution in [3.63, 3.8) is 0 Å². The van der Waals surface area contributed by atoms with Gasteiger partial charge in [0.15, 0.2) is 0 Å². The van der Waals surface area contributed by atoms with Crippen LogP contribution in [-0.4, -0.2) is 11.9 Å². The SMILES string of the molecule is CC(N)CCCC(=O)Nc1ccc(Br)c(Cl)c1Cl. The third kappa shape index (κ3) is 4.76. The van der Waals surface area contributed by atoms with Gasteiger partial charge in [0, 0.05) is 16.9 Å². The fourth-order valence-electron chi connectivity index (χ4n) is 1.42. The van der Waals surface area contributed by atoms with Gasteiger partial charge in [0.05, 0.1) is 15.7 Å². The van der Waals surface area contributed by atoms with Gasteiger partial charge in [-0.2, -0.15) is 0 Å². The minimum atomic E-state index is -0.0871. The van der Waals surface area contributed by atoms with E-state index in [1.165, 1.54) is 0 Å². The average Bonchev–Trinajstić information content (AvgIpc) is 2.29. The van der Waals surface area contributed by atoms with E-state index in [1.807, 2.05) is 6.92 Å². The van der Waals surface area contributed by atoms with Gasteiger partial charge in [0.1, 0.15) is 0 Å². The molecule has 0 aliphatic rings. The van der Waals surface area contributed by atoms with E-state index in [2.05, 4.69) is 21.2 Å². The van der Waals surface area contributed by atoms with Crippen LogP contribution in [0.25, 0.3) is 0 Å². The lowest BCUT2D eigenvalue weighted by Gasteiger charge is -2.09. The molecule has 1 atom stereocenters. The van der Waals surface area contributed by atoms with Crippen molar-refractivity contribution in [1.82, 2.24) is 0 Å². The molecular formula is C12H15BrCl2N2O. The third-order valence-corrected chi connectivity index (χ3v) is 4.14. The molecule has 1 aromatic carbocycles. The molecule has 1 rings (SSSR count). The van der Waals surface area contributed by atoms with Gasteiger partial charge in [-0.05, 0) is 47.8 Å². The van der Waals surface area contributed by atoms with E-state index in [0.29, 0.717) is 26.6 Å². The predicted octanol–water partition coefficient (Wildman–Crippen LogP) is 4.21. The van der Waals surface area contributed by atoms with Crippen LogP contribution < -0.4 is 11.1 Å². The first-order chi connectivity index (χ1) is 8.41. The number of halogens is 3. The molecule has 0 radical (unpaired) electrons. The first-order valence-electron chi connectivity index (χ1n) is 5.60. The highest BCUT2D eigenvalue weighted by Crippen LogP contribution is 2.35. The van der Waals surface area contributed by atoms with E-state index >= 15 is 0 Å². The van der Waals surface area contributed by atoms with Crippen molar-refractivity contribution < 1.29 is 4.79 Å². The van der Waals surface area contributed by atoms with Gasteiger partial charge in [0.25, 0.3) is 0 Å². The number of hydrogen-bond donors (Lipinski definition) is 2. The average molecular weight is 354 g/mol. The quantitative estimate of drug-likeness (QED) is 0.779. The van der Waals surface area contributed by atoms with Gasteiger partial charge in [-0.15, -0.1) is 0 Å². The number of nitrogens with two attached hydrogens (primary N) is 1. The van der Waals surface area contributed by atoms with Crippen LogP contribution >= 0.6 is 39.1 Å². The molecule has 0 bridgehead atoms. The number of anilines is 1. The normalized spacial score (nSPS) is 12.3. The highest BCUT2D eigenvalue weighted by Gasteiger charge is 2.11. The largest absolute Gasteiger partial charge is 0.328 e. The topological polar surface area (TPSA) is 55.1 Å². The minimum Gasteiger partial charge on any atom is -0.328 e. The molecule has 1 amide bonds. The van der Waals surface area contributed by atoms with Crippen molar-refractivity contribution in [3.05, 3.63) is 26.7 Å². The summed E-state index contributed by atoms with van der Waals surface area (Å²) >= 11 is 15.3. The van der Waals surface area contributed by atoms with Crippen LogP contribution in [0.4, 0.5) is 5.69 Å². The molecule has 0 saturated heterocycles. The summed E-state index contributed by atoms with van der Waals surface area (Å²) in [5.74, 6) is -0.0871. The molecule has 0 saturated carbocycles. The van der Waals surface area contributed by atoms with Crippen molar-refractivity contribution >= 4 is 50.7 Å². The lowest BCUT2D eigenvalue weighted by atomic mass is 10.1. The molecule has 3 nitrogen and oxygen atoms in total. The number of carbonyl (C=O) groups is 1. The Hall–Kier alpha value is -0.290. The standard InChI is InChI=1S/C12H15BrCl2N2O/c1-7(16)3-2-4-10(18)17-9-6-5-8(13)11(14)12(9)15/h5-7H,2-4,16H2,1H3,(H,17,18). The van der Waals surface area contributed by atoms with E-state index in [0.717, 1.165) is 12.8 Å². The Kier molecular flexibility index (Phi) is 6.43. The fourth-order valence-corrected chi connectivity index (χ4v) is 2.24. The lowest BCUT2D eigenvalue weighted by Crippen LogP contribution is -2.17. The smallest absolute Gasteiger partial charge is 0.224 e. The Morgan fingerprint density at radius 3 is 2.72 bits per heavy atom. The second kappa shape index (κ2) is 7.34. The van der Waals surface area contributed by atoms with Crippen molar-refractivity contribution in [2.75, 3.05) is 5.32 Å². The van der Waals surface area contributed by atoms with Crippen molar-refractivity contribution in [2.45, 2.75) is 32.2 Å². The predicted molar refractivity (Wildman–Crippen MR) is 80.3 cm³/mol. The van der Waals surface area contributed by atoms with E-state index in [-0.39, 0.29) is 11.9 Å². The maximum absolute atomic E-state index is 11.7. The van der Waals surface area contributed by atoms with Crippen LogP contribution in [0.3, 0.4) is 0 Å². The van der Waals surface area contributed by atoms with Crippen LogP contribution in [0.5, 0.6) is 0 Å². The molecule has 0 spiro atoms. The zero-order chi connectivity index (χ0) is 13.7. The van der Waals surface area contributed by atoms with Crippen molar-refractivity contribution in [1.29, 1.82) is 0 Å². The number of benzene rings is 1. The fraction of sp³-hybridized carbons (Fsp3) is 0.417. The second-order valence-corrected chi connectivity index (χ2v) is 5.75. The zero-order valence-corrected chi connectivity index (χ0v) is 13.1. The summed E-state index contributed by atoms with van der Waals surface area (Å²) in [5.41, 5.74) is 6.14. The molecule has 0 fully saturated rings. The summed E-state index contributed by atoms with van der Waals surface area (Å²) in [6, 6.07) is 3.57. The van der Waals surface area contributed by atoms with E-state index in [1.54, 1.807) is 12.1 Å². The number of amides is 1. The minimum absolute atomic E-state index is 0.0871. The first-order valence-corrected chi connectivity index (χ1v) is 7.15. The molecule has 0 aliphatic heterocycles. The zero-order valence-electron chi connectivity index (χ0n) is 9.97. The second-order valence-electron chi connectivity index (χ2n) is 4.14. The Bertz CT molecular complexity index is 438. The van der Waals surface area contributed by atoms with E-state index in [9.17, 15) is 4.79 Å². The number of hydrogen-bond acceptors (Lipinski definition) is 2. The van der Waals surface area contributed by atoms with Crippen molar-refractivity contribution in [3.8, 4) is 0 Å². The highest BCUT2D eigenvalue weighted by atomic mass is 79.9. The molecule has 0 heterocycles. The molecule has 1 unspecified atom stereocenters. The van der Waals surface area contributed by atoms with Crippen molar-refractivity contribution in [2.24, 2.45) is 5.73 Å². The maximum atomic E-state index is 11.7. The van der Waals surface area contributed by atoms with Crippen LogP contribution in [0.1, 0.15) is 26.2 Å². The summed E-state index contributed by atoms with van der Waals surface area (Å²) in [6.45, 7) is 1.92. The molecule has 0 aliphatic carbocycles. The Labute approximate surface area is 125 Å². The highest BCUT2D eigenvalue weighted by molar-refractivity contribution is 9.10. The maximum Gasteiger partial charge on any atom is 0.224 e. The van der Waals surface area contributed by atoms with Crippen LogP contribution in [0, 0.1) is 0 Å². The molecular weight excluding hydrogens is 339 g/mol. The number of carbonyl (C=O) groups excluding carboxylic acids is 1. The van der Waals surface area contributed by atoms with Crippen LogP contribution in [-0.2, 0) is 4.79 Å². The molecule has 18 heavy (non-hydrogen) atoms. The molecule has 6 heteroatoms. The van der Waals surface area contributed by atoms with Gasteiger partial charge in [-0.25, -0.2) is 0 Å². The summed E-state index contributed by atoms with van der Waals surface area (Å²) in [5, 5.41) is 3.47. The van der Waals surface area contributed by atoms with Crippen LogP contribution in [0.2, 0.25) is 10.0 Å². The number of nitrogens with one attached hydrogen (secondary N) is 1. The third-order valence-electron chi connectivity index (χ3n) is 2.37. The summed E-state index contributed by atoms with van der Waals surface area (Å²) in [4.78, 5) is 11.7. The van der Waals surface area contributed by atoms with Crippen LogP contribution in [0.15, 0.2) is 16.6 Å². The Morgan fingerprint density at radius 1 is 1.44 bits per heavy atom. The lowest BCUT2D eigenvalue weighted by molar-refractivity contribution is -0.116. The Morgan fingerprint density at radius 2 is 2.11 bits per heavy atom. The Balaban J connectivity index is 2.57. The van der Waals surface area contributed by atoms with Gasteiger partial charge < -0.3 is 11.1 Å². The summed E-state index contributed by atoms with van der Waals surface area (Å²) in [7, 11) is 0.